The largest absolute Gasteiger partial charge is 0.493 e. The van der Waals surface area contributed by atoms with Gasteiger partial charge in [-0.2, -0.15) is 5.10 Å². The maximum atomic E-state index is 5.51. The van der Waals surface area contributed by atoms with Crippen LogP contribution in [0.5, 0.6) is 17.2 Å². The summed E-state index contributed by atoms with van der Waals surface area (Å²) in [4.78, 5) is 2.46. The van der Waals surface area contributed by atoms with E-state index in [0.717, 1.165) is 38.3 Å². The number of benzene rings is 2. The molecule has 1 aliphatic rings. The average Bonchev–Trinajstić information content (AvgIpc) is 2.73. The van der Waals surface area contributed by atoms with Crippen molar-refractivity contribution >= 4 is 6.21 Å². The number of hydrogen-bond donors (Lipinski definition) is 0. The van der Waals surface area contributed by atoms with Crippen LogP contribution in [0.3, 0.4) is 0 Å². The Morgan fingerprint density at radius 3 is 2.19 bits per heavy atom. The molecule has 0 aliphatic carbocycles. The van der Waals surface area contributed by atoms with Crippen molar-refractivity contribution in [2.75, 3.05) is 47.5 Å². The first-order chi connectivity index (χ1) is 13.2. The molecule has 1 aliphatic heterocycles. The topological polar surface area (TPSA) is 46.5 Å². The number of rotatable bonds is 7. The van der Waals surface area contributed by atoms with Gasteiger partial charge in [0, 0.05) is 38.3 Å². The molecular weight excluding hydrogens is 342 g/mol. The molecule has 2 aromatic rings. The van der Waals surface area contributed by atoms with Gasteiger partial charge in [-0.1, -0.05) is 30.3 Å². The molecule has 0 aromatic heterocycles. The second-order valence-electron chi connectivity index (χ2n) is 6.38. The minimum atomic E-state index is 0.580. The van der Waals surface area contributed by atoms with Crippen molar-refractivity contribution in [2.24, 2.45) is 5.10 Å². The van der Waals surface area contributed by atoms with Crippen molar-refractivity contribution in [3.63, 3.8) is 0 Å². The van der Waals surface area contributed by atoms with Crippen LogP contribution in [0, 0.1) is 0 Å². The molecule has 144 valence electrons. The Morgan fingerprint density at radius 1 is 0.852 bits per heavy atom. The van der Waals surface area contributed by atoms with E-state index in [4.69, 9.17) is 14.2 Å². The third-order valence-corrected chi connectivity index (χ3v) is 4.69. The molecule has 27 heavy (non-hydrogen) atoms. The first kappa shape index (κ1) is 19.0. The number of hydrazone groups is 1. The first-order valence-corrected chi connectivity index (χ1v) is 9.09. The molecule has 2 aromatic carbocycles. The summed E-state index contributed by atoms with van der Waals surface area (Å²) in [5, 5.41) is 6.73. The van der Waals surface area contributed by atoms with Gasteiger partial charge in [-0.05, 0) is 17.7 Å². The van der Waals surface area contributed by atoms with E-state index in [1.807, 2.05) is 18.3 Å². The van der Waals surface area contributed by atoms with Gasteiger partial charge in [-0.3, -0.25) is 9.91 Å². The van der Waals surface area contributed by atoms with Crippen LogP contribution in [-0.4, -0.2) is 63.6 Å². The molecule has 0 unspecified atom stereocenters. The molecule has 0 amide bonds. The molecule has 1 fully saturated rings. The normalized spacial score (nSPS) is 15.1. The molecule has 0 spiro atoms. The minimum Gasteiger partial charge on any atom is -0.493 e. The van der Waals surface area contributed by atoms with Gasteiger partial charge in [-0.15, -0.1) is 0 Å². The third kappa shape index (κ3) is 4.71. The Balaban J connectivity index is 1.61. The number of piperazine rings is 1. The zero-order chi connectivity index (χ0) is 19.1. The zero-order valence-corrected chi connectivity index (χ0v) is 16.2. The highest BCUT2D eigenvalue weighted by Gasteiger charge is 2.17. The lowest BCUT2D eigenvalue weighted by Gasteiger charge is -2.33. The van der Waals surface area contributed by atoms with Crippen LogP contribution in [0.4, 0.5) is 0 Å². The van der Waals surface area contributed by atoms with Crippen LogP contribution in [0.1, 0.15) is 11.1 Å². The van der Waals surface area contributed by atoms with Crippen LogP contribution in [-0.2, 0) is 6.54 Å². The Kier molecular flexibility index (Phi) is 6.54. The minimum absolute atomic E-state index is 0.580. The Morgan fingerprint density at radius 2 is 1.56 bits per heavy atom. The van der Waals surface area contributed by atoms with Gasteiger partial charge in [0.2, 0.25) is 5.75 Å². The number of methoxy groups -OCH3 is 3. The summed E-state index contributed by atoms with van der Waals surface area (Å²) in [5.74, 6) is 1.85. The van der Waals surface area contributed by atoms with Crippen LogP contribution in [0.25, 0.3) is 0 Å². The highest BCUT2D eigenvalue weighted by atomic mass is 16.5. The lowest BCUT2D eigenvalue weighted by Crippen LogP contribution is -2.43. The fourth-order valence-electron chi connectivity index (χ4n) is 3.22. The van der Waals surface area contributed by atoms with E-state index in [1.54, 1.807) is 21.3 Å². The SMILES string of the molecule is COc1ccc(/C=N/N2CCN(Cc3ccccc3)CC2)c(OC)c1OC. The van der Waals surface area contributed by atoms with Crippen molar-refractivity contribution in [3.05, 3.63) is 53.6 Å². The highest BCUT2D eigenvalue weighted by molar-refractivity contribution is 5.86. The van der Waals surface area contributed by atoms with Crippen LogP contribution >= 0.6 is 0 Å². The predicted molar refractivity (Wildman–Crippen MR) is 107 cm³/mol. The van der Waals surface area contributed by atoms with Gasteiger partial charge < -0.3 is 14.2 Å². The maximum absolute atomic E-state index is 5.51. The number of nitrogens with zero attached hydrogens (tertiary/aromatic N) is 3. The van der Waals surface area contributed by atoms with Gasteiger partial charge in [0.05, 0.1) is 27.5 Å². The van der Waals surface area contributed by atoms with Crippen molar-refractivity contribution in [1.82, 2.24) is 9.91 Å². The van der Waals surface area contributed by atoms with Crippen LogP contribution in [0.2, 0.25) is 0 Å². The van der Waals surface area contributed by atoms with Crippen molar-refractivity contribution in [3.8, 4) is 17.2 Å². The Bertz CT molecular complexity index is 757. The summed E-state index contributed by atoms with van der Waals surface area (Å²) in [6.45, 7) is 4.78. The lowest BCUT2D eigenvalue weighted by molar-refractivity contribution is 0.131. The van der Waals surface area contributed by atoms with Crippen LogP contribution < -0.4 is 14.2 Å². The predicted octanol–water partition coefficient (Wildman–Crippen LogP) is 2.86. The van der Waals surface area contributed by atoms with Crippen molar-refractivity contribution < 1.29 is 14.2 Å². The fourth-order valence-corrected chi connectivity index (χ4v) is 3.22. The highest BCUT2D eigenvalue weighted by Crippen LogP contribution is 2.39. The first-order valence-electron chi connectivity index (χ1n) is 9.09. The summed E-state index contributed by atoms with van der Waals surface area (Å²) in [6.07, 6.45) is 1.83. The molecule has 0 N–H and O–H groups in total. The smallest absolute Gasteiger partial charge is 0.203 e. The third-order valence-electron chi connectivity index (χ3n) is 4.69. The van der Waals surface area contributed by atoms with E-state index < -0.39 is 0 Å². The fraction of sp³-hybridized carbons (Fsp3) is 0.381. The average molecular weight is 369 g/mol. The summed E-state index contributed by atoms with van der Waals surface area (Å²) >= 11 is 0. The molecule has 6 heteroatoms. The molecule has 1 saturated heterocycles. The van der Waals surface area contributed by atoms with Crippen molar-refractivity contribution in [2.45, 2.75) is 6.54 Å². The lowest BCUT2D eigenvalue weighted by atomic mass is 10.2. The van der Waals surface area contributed by atoms with Crippen LogP contribution in [0.15, 0.2) is 47.6 Å². The maximum Gasteiger partial charge on any atom is 0.203 e. The van der Waals surface area contributed by atoms with E-state index >= 15 is 0 Å². The molecule has 3 rings (SSSR count). The van der Waals surface area contributed by atoms with Gasteiger partial charge >= 0.3 is 0 Å². The van der Waals surface area contributed by atoms with Gasteiger partial charge in [0.25, 0.3) is 0 Å². The molecular formula is C21H27N3O3. The van der Waals surface area contributed by atoms with E-state index in [1.165, 1.54) is 5.56 Å². The molecule has 0 bridgehead atoms. The van der Waals surface area contributed by atoms with Gasteiger partial charge in [0.15, 0.2) is 11.5 Å². The van der Waals surface area contributed by atoms with E-state index in [9.17, 15) is 0 Å². The second-order valence-corrected chi connectivity index (χ2v) is 6.38. The summed E-state index contributed by atoms with van der Waals surface area (Å²) in [6, 6.07) is 14.4. The molecule has 0 saturated carbocycles. The number of hydrogen-bond acceptors (Lipinski definition) is 6. The van der Waals surface area contributed by atoms with E-state index in [-0.39, 0.29) is 0 Å². The molecule has 0 radical (unpaired) electrons. The zero-order valence-electron chi connectivity index (χ0n) is 16.2. The van der Waals surface area contributed by atoms with Gasteiger partial charge in [-0.25, -0.2) is 0 Å². The quantitative estimate of drug-likeness (QED) is 0.703. The summed E-state index contributed by atoms with van der Waals surface area (Å²) in [5.41, 5.74) is 2.21. The standard InChI is InChI=1S/C21H27N3O3/c1-25-19-10-9-18(20(26-2)21(19)27-3)15-22-24-13-11-23(12-14-24)16-17-7-5-4-6-8-17/h4-10,15H,11-14,16H2,1-3H3/b22-15+. The number of ether oxygens (including phenoxy) is 3. The Labute approximate surface area is 160 Å². The monoisotopic (exact) mass is 369 g/mol. The summed E-state index contributed by atoms with van der Waals surface area (Å²) in [7, 11) is 4.84. The molecule has 6 nitrogen and oxygen atoms in total. The van der Waals surface area contributed by atoms with Gasteiger partial charge in [0.1, 0.15) is 0 Å². The molecule has 1 heterocycles. The summed E-state index contributed by atoms with van der Waals surface area (Å²) < 4.78 is 16.3. The second kappa shape index (κ2) is 9.28. The molecule has 0 atom stereocenters. The Hall–Kier alpha value is -2.73. The van der Waals surface area contributed by atoms with Crippen molar-refractivity contribution in [1.29, 1.82) is 0 Å². The van der Waals surface area contributed by atoms with E-state index in [2.05, 4.69) is 45.3 Å². The van der Waals surface area contributed by atoms with E-state index in [0.29, 0.717) is 17.2 Å².